The number of carbonyl (C=O) groups is 1. The van der Waals surface area contributed by atoms with E-state index in [0.717, 1.165) is 25.9 Å². The molecular weight excluding hydrogens is 381 g/mol. The maximum atomic E-state index is 14.5. The Bertz CT molecular complexity index is 1000. The third-order valence-corrected chi connectivity index (χ3v) is 4.97. The van der Waals surface area contributed by atoms with Crippen LogP contribution in [0.25, 0.3) is 0 Å². The smallest absolute Gasteiger partial charge is 0.323 e. The Kier molecular flexibility index (Phi) is 6.13. The lowest BCUT2D eigenvalue weighted by molar-refractivity contribution is 0.262. The van der Waals surface area contributed by atoms with Crippen molar-refractivity contribution in [1.82, 2.24) is 0 Å². The lowest BCUT2D eigenvalue weighted by Gasteiger charge is -2.29. The van der Waals surface area contributed by atoms with Gasteiger partial charge in [-0.25, -0.2) is 9.18 Å². The van der Waals surface area contributed by atoms with Crippen LogP contribution in [0.4, 0.5) is 26.2 Å². The van der Waals surface area contributed by atoms with Crippen LogP contribution >= 0.6 is 0 Å². The van der Waals surface area contributed by atoms with Crippen LogP contribution in [0, 0.1) is 5.82 Å². The minimum absolute atomic E-state index is 0.326. The van der Waals surface area contributed by atoms with Gasteiger partial charge in [-0.15, -0.1) is 0 Å². The molecule has 1 aliphatic rings. The topological polar surface area (TPSA) is 53.6 Å². The second kappa shape index (κ2) is 9.31. The Balaban J connectivity index is 1.37. The van der Waals surface area contributed by atoms with Crippen LogP contribution in [0.2, 0.25) is 0 Å². The molecule has 0 aliphatic carbocycles. The van der Waals surface area contributed by atoms with Crippen molar-refractivity contribution in [2.75, 3.05) is 28.6 Å². The Morgan fingerprint density at radius 2 is 1.50 bits per heavy atom. The van der Waals surface area contributed by atoms with Crippen molar-refractivity contribution in [2.45, 2.75) is 19.3 Å². The van der Waals surface area contributed by atoms with Gasteiger partial charge in [0.25, 0.3) is 0 Å². The lowest BCUT2D eigenvalue weighted by Crippen LogP contribution is -2.30. The molecule has 0 aromatic heterocycles. The molecule has 0 radical (unpaired) electrons. The highest BCUT2D eigenvalue weighted by molar-refractivity contribution is 5.99. The molecule has 3 aromatic rings. The zero-order valence-corrected chi connectivity index (χ0v) is 16.6. The molecule has 1 saturated heterocycles. The van der Waals surface area contributed by atoms with Crippen molar-refractivity contribution in [3.05, 3.63) is 78.6 Å². The van der Waals surface area contributed by atoms with E-state index in [9.17, 15) is 9.18 Å². The number of urea groups is 1. The fourth-order valence-corrected chi connectivity index (χ4v) is 3.53. The SMILES string of the molecule is O=C(Nc1cccc(Oc2ccccc2)c1)Nc1ccc(N2CCCCC2)c(F)c1. The van der Waals surface area contributed by atoms with Gasteiger partial charge in [-0.2, -0.15) is 0 Å². The summed E-state index contributed by atoms with van der Waals surface area (Å²) in [6.45, 7) is 1.73. The van der Waals surface area contributed by atoms with Gasteiger partial charge in [-0.05, 0) is 61.7 Å². The summed E-state index contributed by atoms with van der Waals surface area (Å²) >= 11 is 0. The lowest BCUT2D eigenvalue weighted by atomic mass is 10.1. The number of rotatable bonds is 5. The third kappa shape index (κ3) is 5.08. The van der Waals surface area contributed by atoms with Crippen LogP contribution in [-0.4, -0.2) is 19.1 Å². The number of hydrogen-bond acceptors (Lipinski definition) is 3. The van der Waals surface area contributed by atoms with Gasteiger partial charge in [-0.3, -0.25) is 0 Å². The van der Waals surface area contributed by atoms with E-state index in [2.05, 4.69) is 15.5 Å². The van der Waals surface area contributed by atoms with E-state index in [0.29, 0.717) is 28.6 Å². The summed E-state index contributed by atoms with van der Waals surface area (Å²) in [7, 11) is 0. The minimum Gasteiger partial charge on any atom is -0.457 e. The molecule has 0 atom stereocenters. The molecule has 0 saturated carbocycles. The average Bonchev–Trinajstić information content (AvgIpc) is 2.75. The van der Waals surface area contributed by atoms with Gasteiger partial charge in [-0.1, -0.05) is 24.3 Å². The first-order valence-corrected chi connectivity index (χ1v) is 10.1. The molecule has 154 valence electrons. The van der Waals surface area contributed by atoms with Gasteiger partial charge in [0, 0.05) is 30.5 Å². The average molecular weight is 405 g/mol. The zero-order valence-electron chi connectivity index (χ0n) is 16.6. The molecule has 3 aromatic carbocycles. The molecule has 1 heterocycles. The Hall–Kier alpha value is -3.54. The zero-order chi connectivity index (χ0) is 20.8. The summed E-state index contributed by atoms with van der Waals surface area (Å²) in [5, 5.41) is 5.43. The third-order valence-electron chi connectivity index (χ3n) is 4.97. The Morgan fingerprint density at radius 3 is 2.23 bits per heavy atom. The Morgan fingerprint density at radius 1 is 0.800 bits per heavy atom. The molecule has 0 bridgehead atoms. The van der Waals surface area contributed by atoms with Crippen molar-refractivity contribution >= 4 is 23.1 Å². The van der Waals surface area contributed by atoms with E-state index in [1.807, 2.05) is 36.4 Å². The van der Waals surface area contributed by atoms with E-state index in [1.54, 1.807) is 30.3 Å². The van der Waals surface area contributed by atoms with Gasteiger partial charge >= 0.3 is 6.03 Å². The monoisotopic (exact) mass is 405 g/mol. The first-order valence-electron chi connectivity index (χ1n) is 10.1. The highest BCUT2D eigenvalue weighted by Crippen LogP contribution is 2.26. The first kappa shape index (κ1) is 19.8. The number of nitrogens with zero attached hydrogens (tertiary/aromatic N) is 1. The number of hydrogen-bond donors (Lipinski definition) is 2. The summed E-state index contributed by atoms with van der Waals surface area (Å²) in [5.74, 6) is 0.993. The van der Waals surface area contributed by atoms with E-state index >= 15 is 0 Å². The van der Waals surface area contributed by atoms with Crippen LogP contribution in [0.5, 0.6) is 11.5 Å². The predicted molar refractivity (Wildman–Crippen MR) is 118 cm³/mol. The molecule has 0 unspecified atom stereocenters. The molecule has 30 heavy (non-hydrogen) atoms. The van der Waals surface area contributed by atoms with Gasteiger partial charge in [0.15, 0.2) is 0 Å². The number of para-hydroxylation sites is 1. The van der Waals surface area contributed by atoms with Crippen molar-refractivity contribution < 1.29 is 13.9 Å². The largest absolute Gasteiger partial charge is 0.457 e. The highest BCUT2D eigenvalue weighted by atomic mass is 19.1. The standard InChI is InChI=1S/C24H24FN3O2/c25-22-17-19(12-13-23(22)28-14-5-2-6-15-28)27-24(29)26-18-8-7-11-21(16-18)30-20-9-3-1-4-10-20/h1,3-4,7-13,16-17H,2,5-6,14-15H2,(H2,26,27,29). The van der Waals surface area contributed by atoms with Crippen LogP contribution in [0.15, 0.2) is 72.8 Å². The fraction of sp³-hybridized carbons (Fsp3) is 0.208. The highest BCUT2D eigenvalue weighted by Gasteiger charge is 2.15. The minimum atomic E-state index is -0.447. The molecule has 4 rings (SSSR count). The van der Waals surface area contributed by atoms with E-state index in [-0.39, 0.29) is 5.82 Å². The normalized spacial score (nSPS) is 13.6. The van der Waals surface area contributed by atoms with Crippen LogP contribution in [-0.2, 0) is 0 Å². The molecular formula is C24H24FN3O2. The molecule has 2 N–H and O–H groups in total. The van der Waals surface area contributed by atoms with Gasteiger partial charge in [0.05, 0.1) is 5.69 Å². The fourth-order valence-electron chi connectivity index (χ4n) is 3.53. The van der Waals surface area contributed by atoms with Gasteiger partial charge < -0.3 is 20.3 Å². The molecule has 0 spiro atoms. The molecule has 5 nitrogen and oxygen atoms in total. The second-order valence-electron chi connectivity index (χ2n) is 7.24. The van der Waals surface area contributed by atoms with E-state index in [4.69, 9.17) is 4.74 Å². The van der Waals surface area contributed by atoms with Gasteiger partial charge in [0.2, 0.25) is 0 Å². The molecule has 1 fully saturated rings. The molecule has 2 amide bonds. The first-order chi connectivity index (χ1) is 14.7. The maximum absolute atomic E-state index is 14.5. The second-order valence-corrected chi connectivity index (χ2v) is 7.24. The number of anilines is 3. The summed E-state index contributed by atoms with van der Waals surface area (Å²) in [4.78, 5) is 14.4. The van der Waals surface area contributed by atoms with Crippen molar-refractivity contribution in [1.29, 1.82) is 0 Å². The van der Waals surface area contributed by atoms with Crippen LogP contribution < -0.4 is 20.3 Å². The van der Waals surface area contributed by atoms with Crippen molar-refractivity contribution in [3.63, 3.8) is 0 Å². The van der Waals surface area contributed by atoms with Crippen molar-refractivity contribution in [2.24, 2.45) is 0 Å². The number of piperidine rings is 1. The van der Waals surface area contributed by atoms with Crippen LogP contribution in [0.1, 0.15) is 19.3 Å². The number of benzene rings is 3. The van der Waals surface area contributed by atoms with Crippen molar-refractivity contribution in [3.8, 4) is 11.5 Å². The number of carbonyl (C=O) groups excluding carboxylic acids is 1. The summed E-state index contributed by atoms with van der Waals surface area (Å²) in [6.07, 6.45) is 3.35. The summed E-state index contributed by atoms with van der Waals surface area (Å²) in [5.41, 5.74) is 1.57. The van der Waals surface area contributed by atoms with E-state index < -0.39 is 6.03 Å². The predicted octanol–water partition coefficient (Wildman–Crippen LogP) is 6.25. The number of amides is 2. The maximum Gasteiger partial charge on any atom is 0.323 e. The summed E-state index contributed by atoms with van der Waals surface area (Å²) < 4.78 is 20.3. The Labute approximate surface area is 175 Å². The summed E-state index contributed by atoms with van der Waals surface area (Å²) in [6, 6.07) is 20.9. The molecule has 1 aliphatic heterocycles. The molecule has 6 heteroatoms. The number of ether oxygens (including phenoxy) is 1. The van der Waals surface area contributed by atoms with Gasteiger partial charge in [0.1, 0.15) is 17.3 Å². The number of halogens is 1. The quantitative estimate of drug-likeness (QED) is 0.527. The van der Waals surface area contributed by atoms with Crippen LogP contribution in [0.3, 0.4) is 0 Å². The van der Waals surface area contributed by atoms with E-state index in [1.165, 1.54) is 12.5 Å². The number of nitrogens with one attached hydrogen (secondary N) is 2.